The lowest BCUT2D eigenvalue weighted by molar-refractivity contribution is 0.515. The van der Waals surface area contributed by atoms with Gasteiger partial charge in [0, 0.05) is 33.2 Å². The molecule has 1 N–H and O–H groups in total. The Hall–Kier alpha value is -0.190. The Morgan fingerprint density at radius 2 is 2.31 bits per heavy atom. The fourth-order valence-electron chi connectivity index (χ4n) is 1.56. The second-order valence-electron chi connectivity index (χ2n) is 4.03. The molecule has 3 unspecified atom stereocenters. The van der Waals surface area contributed by atoms with Crippen LogP contribution in [-0.2, 0) is 10.8 Å². The summed E-state index contributed by atoms with van der Waals surface area (Å²) >= 11 is 1.80. The van der Waals surface area contributed by atoms with Gasteiger partial charge in [0.2, 0.25) is 0 Å². The van der Waals surface area contributed by atoms with Crippen molar-refractivity contribution in [2.45, 2.75) is 38.0 Å². The second-order valence-corrected chi connectivity index (χ2v) is 6.81. The van der Waals surface area contributed by atoms with Crippen LogP contribution in [0, 0.1) is 0 Å². The molecule has 0 fully saturated rings. The van der Waals surface area contributed by atoms with Crippen molar-refractivity contribution < 1.29 is 4.21 Å². The Balaban J connectivity index is 2.33. The highest BCUT2D eigenvalue weighted by molar-refractivity contribution is 7.84. The summed E-state index contributed by atoms with van der Waals surface area (Å²) in [6, 6.07) is 4.72. The predicted molar refractivity (Wildman–Crippen MR) is 73.5 cm³/mol. The predicted octanol–water partition coefficient (Wildman–Crippen LogP) is 2.95. The van der Waals surface area contributed by atoms with Gasteiger partial charge in [-0.1, -0.05) is 19.9 Å². The van der Waals surface area contributed by atoms with Gasteiger partial charge >= 0.3 is 0 Å². The van der Waals surface area contributed by atoms with Crippen LogP contribution in [0.5, 0.6) is 0 Å². The molecular formula is C12H21NOS2. The smallest absolute Gasteiger partial charge is 0.0412 e. The van der Waals surface area contributed by atoms with E-state index in [1.54, 1.807) is 17.6 Å². The van der Waals surface area contributed by atoms with Crippen molar-refractivity contribution in [3.8, 4) is 0 Å². The molecule has 0 bridgehead atoms. The van der Waals surface area contributed by atoms with Crippen molar-refractivity contribution in [3.05, 3.63) is 22.4 Å². The van der Waals surface area contributed by atoms with Crippen LogP contribution in [0.4, 0.5) is 0 Å². The highest BCUT2D eigenvalue weighted by Gasteiger charge is 2.11. The van der Waals surface area contributed by atoms with Crippen LogP contribution in [0.3, 0.4) is 0 Å². The number of nitrogens with one attached hydrogen (secondary N) is 1. The number of hydrogen-bond acceptors (Lipinski definition) is 3. The molecule has 0 aliphatic heterocycles. The van der Waals surface area contributed by atoms with E-state index in [2.05, 4.69) is 29.8 Å². The van der Waals surface area contributed by atoms with Gasteiger partial charge in [0.05, 0.1) is 0 Å². The minimum Gasteiger partial charge on any atom is -0.309 e. The van der Waals surface area contributed by atoms with E-state index in [1.807, 2.05) is 6.92 Å². The summed E-state index contributed by atoms with van der Waals surface area (Å²) in [6.07, 6.45) is 3.86. The average molecular weight is 259 g/mol. The maximum atomic E-state index is 11.2. The van der Waals surface area contributed by atoms with Crippen molar-refractivity contribution in [1.82, 2.24) is 5.32 Å². The molecule has 2 nitrogen and oxygen atoms in total. The molecule has 3 atom stereocenters. The summed E-state index contributed by atoms with van der Waals surface area (Å²) in [6.45, 7) is 5.18. The molecule has 1 aromatic rings. The van der Waals surface area contributed by atoms with E-state index in [-0.39, 0.29) is 5.25 Å². The van der Waals surface area contributed by atoms with Crippen molar-refractivity contribution in [2.24, 2.45) is 0 Å². The van der Waals surface area contributed by atoms with E-state index < -0.39 is 10.8 Å². The first-order chi connectivity index (χ1) is 7.65. The fourth-order valence-corrected chi connectivity index (χ4v) is 2.90. The molecule has 16 heavy (non-hydrogen) atoms. The number of thiophene rings is 1. The minimum atomic E-state index is -0.701. The third kappa shape index (κ3) is 4.36. The van der Waals surface area contributed by atoms with Gasteiger partial charge < -0.3 is 5.32 Å². The Morgan fingerprint density at radius 3 is 2.81 bits per heavy atom. The van der Waals surface area contributed by atoms with E-state index in [1.165, 1.54) is 4.88 Å². The Morgan fingerprint density at radius 1 is 1.56 bits per heavy atom. The first kappa shape index (κ1) is 13.9. The molecule has 0 aromatic carbocycles. The van der Waals surface area contributed by atoms with E-state index in [9.17, 15) is 4.21 Å². The zero-order valence-electron chi connectivity index (χ0n) is 10.2. The highest BCUT2D eigenvalue weighted by atomic mass is 32.2. The molecule has 0 aliphatic rings. The van der Waals surface area contributed by atoms with Crippen LogP contribution in [-0.4, -0.2) is 22.3 Å². The van der Waals surface area contributed by atoms with Crippen LogP contribution >= 0.6 is 11.3 Å². The third-order valence-electron chi connectivity index (χ3n) is 2.80. The topological polar surface area (TPSA) is 29.1 Å². The molecule has 0 saturated heterocycles. The summed E-state index contributed by atoms with van der Waals surface area (Å²) in [4.78, 5) is 1.40. The molecule has 0 spiro atoms. The van der Waals surface area contributed by atoms with Crippen molar-refractivity contribution in [1.29, 1.82) is 0 Å². The van der Waals surface area contributed by atoms with Crippen LogP contribution in [0.1, 0.15) is 37.6 Å². The maximum Gasteiger partial charge on any atom is 0.0412 e. The van der Waals surface area contributed by atoms with E-state index in [4.69, 9.17) is 0 Å². The zero-order chi connectivity index (χ0) is 12.0. The molecule has 4 heteroatoms. The van der Waals surface area contributed by atoms with E-state index in [0.29, 0.717) is 6.04 Å². The largest absolute Gasteiger partial charge is 0.309 e. The monoisotopic (exact) mass is 259 g/mol. The molecule has 92 valence electrons. The molecular weight excluding hydrogens is 238 g/mol. The van der Waals surface area contributed by atoms with Crippen molar-refractivity contribution in [2.75, 3.05) is 12.8 Å². The van der Waals surface area contributed by atoms with Crippen LogP contribution in [0.2, 0.25) is 0 Å². The van der Waals surface area contributed by atoms with Crippen molar-refractivity contribution in [3.63, 3.8) is 0 Å². The van der Waals surface area contributed by atoms with Crippen LogP contribution < -0.4 is 5.32 Å². The van der Waals surface area contributed by atoms with Gasteiger partial charge in [0.15, 0.2) is 0 Å². The summed E-state index contributed by atoms with van der Waals surface area (Å²) < 4.78 is 11.2. The van der Waals surface area contributed by atoms with Gasteiger partial charge in [0.25, 0.3) is 0 Å². The molecule has 1 heterocycles. The second kappa shape index (κ2) is 7.20. The number of rotatable bonds is 7. The highest BCUT2D eigenvalue weighted by Crippen LogP contribution is 2.21. The first-order valence-corrected chi connectivity index (χ1v) is 8.24. The van der Waals surface area contributed by atoms with E-state index in [0.717, 1.165) is 19.4 Å². The standard InChI is InChI=1S/C12H21NOS2/c1-4-11(12-6-5-9-15-12)13-8-7-10(2)16(3)14/h5-6,9-11,13H,4,7-8H2,1-3H3. The lowest BCUT2D eigenvalue weighted by Crippen LogP contribution is -2.24. The van der Waals surface area contributed by atoms with Crippen LogP contribution in [0.25, 0.3) is 0 Å². The summed E-state index contributed by atoms with van der Waals surface area (Å²) in [5.74, 6) is 0. The molecule has 1 rings (SSSR count). The summed E-state index contributed by atoms with van der Waals surface area (Å²) in [5, 5.41) is 5.93. The third-order valence-corrected chi connectivity index (χ3v) is 5.16. The van der Waals surface area contributed by atoms with Gasteiger partial charge in [-0.25, -0.2) is 0 Å². The Bertz CT molecular complexity index is 311. The fraction of sp³-hybridized carbons (Fsp3) is 0.667. The summed E-state index contributed by atoms with van der Waals surface area (Å²) in [7, 11) is -0.701. The molecule has 0 saturated carbocycles. The van der Waals surface area contributed by atoms with Crippen molar-refractivity contribution >= 4 is 22.1 Å². The molecule has 0 radical (unpaired) electrons. The Labute approximate surface area is 105 Å². The van der Waals surface area contributed by atoms with Gasteiger partial charge in [-0.2, -0.15) is 0 Å². The van der Waals surface area contributed by atoms with Gasteiger partial charge in [0.1, 0.15) is 0 Å². The number of hydrogen-bond donors (Lipinski definition) is 1. The normalized spacial score (nSPS) is 16.9. The molecule has 0 amide bonds. The maximum absolute atomic E-state index is 11.2. The van der Waals surface area contributed by atoms with E-state index >= 15 is 0 Å². The minimum absolute atomic E-state index is 0.286. The quantitative estimate of drug-likeness (QED) is 0.815. The van der Waals surface area contributed by atoms with Crippen LogP contribution in [0.15, 0.2) is 17.5 Å². The molecule has 0 aliphatic carbocycles. The lowest BCUT2D eigenvalue weighted by atomic mass is 10.2. The first-order valence-electron chi connectivity index (χ1n) is 5.74. The average Bonchev–Trinajstić information content (AvgIpc) is 2.77. The lowest BCUT2D eigenvalue weighted by Gasteiger charge is -2.16. The SMILES string of the molecule is CCC(NCCC(C)S(C)=O)c1cccs1. The molecule has 1 aromatic heterocycles. The van der Waals surface area contributed by atoms with Gasteiger partial charge in [-0.3, -0.25) is 4.21 Å². The summed E-state index contributed by atoms with van der Waals surface area (Å²) in [5.41, 5.74) is 0. The van der Waals surface area contributed by atoms with Gasteiger partial charge in [-0.15, -0.1) is 11.3 Å². The Kier molecular flexibility index (Phi) is 6.24. The van der Waals surface area contributed by atoms with Gasteiger partial charge in [-0.05, 0) is 30.8 Å². The zero-order valence-corrected chi connectivity index (χ0v) is 11.9.